The zero-order valence-corrected chi connectivity index (χ0v) is 32.2. The Labute approximate surface area is 328 Å². The van der Waals surface area contributed by atoms with E-state index in [9.17, 15) is 52.2 Å². The Morgan fingerprint density at radius 2 is 1.25 bits per heavy atom. The summed E-state index contributed by atoms with van der Waals surface area (Å²) >= 11 is 17.4. The molecule has 4 heterocycles. The number of aryl methyl sites for hydroxylation is 2. The summed E-state index contributed by atoms with van der Waals surface area (Å²) in [6.07, 6.45) is 2.99. The predicted molar refractivity (Wildman–Crippen MR) is 199 cm³/mol. The van der Waals surface area contributed by atoms with E-state index in [1.807, 2.05) is 0 Å². The molecule has 1 unspecified atom stereocenters. The smallest absolute Gasteiger partial charge is 0.286 e. The minimum atomic E-state index is -2.33. The summed E-state index contributed by atoms with van der Waals surface area (Å²) in [6.45, 7) is 10.4. The summed E-state index contributed by atoms with van der Waals surface area (Å²) in [6, 6.07) is 2.16. The number of carbonyl (C=O) groups is 2. The standard InChI is InChI=1S/C18H13Cl2F2N3O3.C18H14ClF2N3O4/c1-7(2)14-15(8(3)4-5-23-14)24-16-9(6-10(21)12(20)13(16)22)11(19)17(18(24)26)25(27)28;1-7(2)13-14(8(3)4-5-22-13)23-15-9(6-10(20)11(19)12(15)21)17(25)16(18(23)26)24(27)28/h4-7H,1-3H3;4-7,16H,1-3H3. The van der Waals surface area contributed by atoms with Gasteiger partial charge in [-0.3, -0.25) is 54.0 Å². The largest absolute Gasteiger partial charge is 0.353 e. The number of rotatable bonds is 6. The highest BCUT2D eigenvalue weighted by Crippen LogP contribution is 2.44. The number of hydrogen-bond acceptors (Lipinski definition) is 9. The Hall–Kier alpha value is -5.52. The van der Waals surface area contributed by atoms with Gasteiger partial charge < -0.3 is 0 Å². The zero-order valence-electron chi connectivity index (χ0n) is 29.9. The van der Waals surface area contributed by atoms with Gasteiger partial charge in [0.1, 0.15) is 26.7 Å². The van der Waals surface area contributed by atoms with Crippen molar-refractivity contribution in [1.82, 2.24) is 14.5 Å². The van der Waals surface area contributed by atoms with Crippen LogP contribution >= 0.6 is 34.8 Å². The van der Waals surface area contributed by atoms with Crippen molar-refractivity contribution in [1.29, 1.82) is 0 Å². The van der Waals surface area contributed by atoms with Gasteiger partial charge in [-0.1, -0.05) is 62.5 Å². The van der Waals surface area contributed by atoms with E-state index in [4.69, 9.17) is 34.8 Å². The molecule has 1 atom stereocenters. The van der Waals surface area contributed by atoms with E-state index in [1.54, 1.807) is 47.6 Å². The molecule has 0 bridgehead atoms. The van der Waals surface area contributed by atoms with Crippen molar-refractivity contribution in [2.24, 2.45) is 0 Å². The van der Waals surface area contributed by atoms with Gasteiger partial charge in [0.15, 0.2) is 11.6 Å². The van der Waals surface area contributed by atoms with E-state index in [-0.39, 0.29) is 28.6 Å². The van der Waals surface area contributed by atoms with Crippen LogP contribution in [0.2, 0.25) is 15.1 Å². The van der Waals surface area contributed by atoms with Gasteiger partial charge in [0, 0.05) is 22.7 Å². The lowest BCUT2D eigenvalue weighted by molar-refractivity contribution is -0.491. The fraction of sp³-hybridized carbons (Fsp3) is 0.250. The number of hydrogen-bond donors (Lipinski definition) is 0. The molecule has 5 aromatic rings. The maximum absolute atomic E-state index is 15.0. The first kappa shape index (κ1) is 41.6. The van der Waals surface area contributed by atoms with Crippen molar-refractivity contribution in [3.63, 3.8) is 0 Å². The molecule has 0 spiro atoms. The van der Waals surface area contributed by atoms with E-state index in [0.29, 0.717) is 28.6 Å². The molecular weight excluding hydrogens is 811 g/mol. The first-order chi connectivity index (χ1) is 26.1. The second kappa shape index (κ2) is 15.5. The van der Waals surface area contributed by atoms with E-state index in [0.717, 1.165) is 15.5 Å². The molecule has 1 aliphatic heterocycles. The van der Waals surface area contributed by atoms with Crippen LogP contribution in [0.25, 0.3) is 16.6 Å². The van der Waals surface area contributed by atoms with Crippen molar-refractivity contribution in [2.75, 3.05) is 4.90 Å². The summed E-state index contributed by atoms with van der Waals surface area (Å²) in [4.78, 5) is 68.5. The van der Waals surface area contributed by atoms with Gasteiger partial charge in [-0.15, -0.1) is 0 Å². The Bertz CT molecular complexity index is 2600. The van der Waals surface area contributed by atoms with Crippen molar-refractivity contribution >= 4 is 74.5 Å². The van der Waals surface area contributed by atoms with Crippen molar-refractivity contribution in [2.45, 2.75) is 59.4 Å². The second-order valence-electron chi connectivity index (χ2n) is 13.1. The Kier molecular flexibility index (Phi) is 11.6. The number of nitrogens with zero attached hydrogens (tertiary/aromatic N) is 6. The highest BCUT2D eigenvalue weighted by Gasteiger charge is 2.51. The van der Waals surface area contributed by atoms with Gasteiger partial charge in [-0.25, -0.2) is 17.6 Å². The van der Waals surface area contributed by atoms with Crippen LogP contribution in [0.3, 0.4) is 0 Å². The third-order valence-corrected chi connectivity index (χ3v) is 9.86. The normalized spacial score (nSPS) is 14.0. The molecule has 6 rings (SSSR count). The lowest BCUT2D eigenvalue weighted by atomic mass is 9.93. The molecule has 0 saturated heterocycles. The van der Waals surface area contributed by atoms with Crippen molar-refractivity contribution < 1.29 is 37.0 Å². The van der Waals surface area contributed by atoms with E-state index < -0.39 is 93.9 Å². The van der Waals surface area contributed by atoms with Gasteiger partial charge in [-0.2, -0.15) is 0 Å². The fourth-order valence-corrected chi connectivity index (χ4v) is 6.82. The number of nitro groups is 2. The van der Waals surface area contributed by atoms with Crippen molar-refractivity contribution in [3.05, 3.63) is 134 Å². The second-order valence-corrected chi connectivity index (χ2v) is 14.2. The maximum atomic E-state index is 15.0. The average molecular weight is 838 g/mol. The third kappa shape index (κ3) is 6.83. The van der Waals surface area contributed by atoms with Gasteiger partial charge in [0.2, 0.25) is 5.78 Å². The summed E-state index contributed by atoms with van der Waals surface area (Å²) in [7, 11) is 0. The molecule has 0 radical (unpaired) electrons. The minimum Gasteiger partial charge on any atom is -0.286 e. The lowest BCUT2D eigenvalue weighted by Gasteiger charge is -2.33. The van der Waals surface area contributed by atoms with Crippen LogP contribution in [0.1, 0.15) is 72.4 Å². The maximum Gasteiger partial charge on any atom is 0.353 e. The zero-order chi connectivity index (χ0) is 41.8. The number of pyridine rings is 3. The number of carbonyl (C=O) groups excluding carboxylic acids is 2. The Morgan fingerprint density at radius 1 is 0.750 bits per heavy atom. The molecule has 0 N–H and O–H groups in total. The van der Waals surface area contributed by atoms with Gasteiger partial charge in [-0.05, 0) is 61.1 Å². The predicted octanol–water partition coefficient (Wildman–Crippen LogP) is 9.26. The number of ketones is 1. The van der Waals surface area contributed by atoms with Crippen LogP contribution < -0.4 is 10.5 Å². The summed E-state index contributed by atoms with van der Waals surface area (Å²) in [5, 5.41) is 20.1. The molecule has 3 aromatic heterocycles. The quantitative estimate of drug-likeness (QED) is 0.0531. The topological polar surface area (TPSA) is 171 Å². The van der Waals surface area contributed by atoms with E-state index in [2.05, 4.69) is 9.97 Å². The summed E-state index contributed by atoms with van der Waals surface area (Å²) in [5.74, 6) is -8.01. The van der Waals surface area contributed by atoms with Gasteiger partial charge in [0.25, 0.3) is 0 Å². The monoisotopic (exact) mass is 836 g/mol. The molecule has 13 nitrogen and oxygen atoms in total. The first-order valence-electron chi connectivity index (χ1n) is 16.3. The molecule has 2 aromatic carbocycles. The van der Waals surface area contributed by atoms with Gasteiger partial charge in [0.05, 0.1) is 44.5 Å². The summed E-state index contributed by atoms with van der Waals surface area (Å²) < 4.78 is 58.7. The van der Waals surface area contributed by atoms with Crippen LogP contribution in [0.15, 0.2) is 41.5 Å². The van der Waals surface area contributed by atoms with Crippen LogP contribution in [-0.4, -0.2) is 42.1 Å². The summed E-state index contributed by atoms with van der Waals surface area (Å²) in [5.41, 5.74) is -1.85. The number of aromatic nitrogens is 3. The molecule has 56 heavy (non-hydrogen) atoms. The molecule has 0 aliphatic carbocycles. The number of fused-ring (bicyclic) bond motifs is 2. The molecule has 0 saturated carbocycles. The highest BCUT2D eigenvalue weighted by molar-refractivity contribution is 6.38. The molecule has 0 fully saturated rings. The number of anilines is 2. The first-order valence-corrected chi connectivity index (χ1v) is 17.4. The number of halogens is 7. The highest BCUT2D eigenvalue weighted by atomic mass is 35.5. The van der Waals surface area contributed by atoms with E-state index >= 15 is 0 Å². The lowest BCUT2D eigenvalue weighted by Crippen LogP contribution is -2.50. The number of benzene rings is 2. The molecular formula is C36H27Cl3F4N6O7. The number of Topliss-reactive ketones (excluding diaryl/α,β-unsaturated/α-hetero) is 1. The van der Waals surface area contributed by atoms with E-state index in [1.165, 1.54) is 18.5 Å². The number of amides is 1. The minimum absolute atomic E-state index is 0.102. The van der Waals surface area contributed by atoms with Crippen molar-refractivity contribution in [3.8, 4) is 5.69 Å². The Balaban J connectivity index is 0.000000214. The van der Waals surface area contributed by atoms with Crippen LogP contribution in [0, 0.1) is 57.3 Å². The SMILES string of the molecule is Cc1ccnc(C(C)C)c1-n1c(=O)c([N+](=O)[O-])c(Cl)c2cc(F)c(Cl)c(F)c21.Cc1ccnc(C(C)C)c1N1C(=O)C([N+](=O)[O-])C(=O)c2cc(F)c(Cl)c(F)c21. The van der Waals surface area contributed by atoms with Crippen LogP contribution in [-0.2, 0) is 4.79 Å². The fourth-order valence-electron chi connectivity index (χ4n) is 6.23. The van der Waals surface area contributed by atoms with Crippen LogP contribution in [0.4, 0.5) is 34.6 Å². The molecule has 292 valence electrons. The molecule has 1 aliphatic rings. The van der Waals surface area contributed by atoms with Crippen LogP contribution in [0.5, 0.6) is 0 Å². The third-order valence-electron chi connectivity index (χ3n) is 8.78. The Morgan fingerprint density at radius 3 is 1.77 bits per heavy atom. The van der Waals surface area contributed by atoms with Gasteiger partial charge >= 0.3 is 23.2 Å². The average Bonchev–Trinajstić information content (AvgIpc) is 3.11. The molecule has 20 heteroatoms. The molecule has 1 amide bonds.